The zero-order chi connectivity index (χ0) is 13.8. The number of nitrogens with one attached hydrogen (secondary N) is 1. The fourth-order valence-corrected chi connectivity index (χ4v) is 2.90. The van der Waals surface area contributed by atoms with Crippen LogP contribution in [0.3, 0.4) is 0 Å². The summed E-state index contributed by atoms with van der Waals surface area (Å²) in [5.41, 5.74) is 3.53. The summed E-state index contributed by atoms with van der Waals surface area (Å²) in [5.74, 6) is 0. The van der Waals surface area contributed by atoms with Crippen LogP contribution >= 0.6 is 43.5 Å². The van der Waals surface area contributed by atoms with Crippen LogP contribution in [0.15, 0.2) is 45.3 Å². The monoisotopic (exact) mass is 401 g/mol. The number of anilines is 1. The Morgan fingerprint density at radius 2 is 1.63 bits per heavy atom. The molecule has 0 aliphatic heterocycles. The van der Waals surface area contributed by atoms with E-state index in [1.807, 2.05) is 24.3 Å². The number of rotatable bonds is 4. The Morgan fingerprint density at radius 1 is 1.00 bits per heavy atom. The third-order valence-electron chi connectivity index (χ3n) is 2.93. The van der Waals surface area contributed by atoms with Crippen LogP contribution in [0.5, 0.6) is 0 Å². The molecule has 0 aliphatic rings. The van der Waals surface area contributed by atoms with Crippen LogP contribution < -0.4 is 5.32 Å². The van der Waals surface area contributed by atoms with E-state index in [1.54, 1.807) is 0 Å². The Balaban J connectivity index is 2.16. The Bertz CT molecular complexity index is 584. The lowest BCUT2D eigenvalue weighted by Gasteiger charge is -2.12. The molecule has 100 valence electrons. The molecule has 0 unspecified atom stereocenters. The van der Waals surface area contributed by atoms with Crippen molar-refractivity contribution in [2.45, 2.75) is 19.9 Å². The zero-order valence-corrected chi connectivity index (χ0v) is 14.4. The minimum absolute atomic E-state index is 0.715. The molecular weight excluding hydrogens is 389 g/mol. The van der Waals surface area contributed by atoms with Crippen molar-refractivity contribution in [2.75, 3.05) is 5.32 Å². The lowest BCUT2D eigenvalue weighted by molar-refractivity contribution is 1.09. The normalized spacial score (nSPS) is 10.5. The SMILES string of the molecule is CCc1cc(Br)ccc1NCc1cc(Br)ccc1Cl. The molecule has 1 N–H and O–H groups in total. The van der Waals surface area contributed by atoms with Gasteiger partial charge in [0, 0.05) is 26.2 Å². The summed E-state index contributed by atoms with van der Waals surface area (Å²) >= 11 is 13.2. The second kappa shape index (κ2) is 6.78. The summed E-state index contributed by atoms with van der Waals surface area (Å²) in [4.78, 5) is 0. The lowest BCUT2D eigenvalue weighted by atomic mass is 10.1. The maximum absolute atomic E-state index is 6.19. The van der Waals surface area contributed by atoms with Gasteiger partial charge in [-0.1, -0.05) is 50.4 Å². The second-order valence-corrected chi connectivity index (χ2v) is 6.48. The first-order chi connectivity index (χ1) is 9.10. The number of hydrogen-bond acceptors (Lipinski definition) is 1. The Labute approximate surface area is 135 Å². The van der Waals surface area contributed by atoms with E-state index in [2.05, 4.69) is 56.2 Å². The molecule has 0 heterocycles. The van der Waals surface area contributed by atoms with Gasteiger partial charge >= 0.3 is 0 Å². The summed E-state index contributed by atoms with van der Waals surface area (Å²) in [6.07, 6.45) is 0.994. The Kier molecular flexibility index (Phi) is 5.31. The van der Waals surface area contributed by atoms with Crippen molar-refractivity contribution in [3.63, 3.8) is 0 Å². The first kappa shape index (κ1) is 14.9. The van der Waals surface area contributed by atoms with E-state index < -0.39 is 0 Å². The average Bonchev–Trinajstić information content (AvgIpc) is 2.40. The minimum Gasteiger partial charge on any atom is -0.381 e. The average molecular weight is 404 g/mol. The molecule has 0 aliphatic carbocycles. The standard InChI is InChI=1S/C15H14Br2ClN/c1-2-10-7-13(17)4-6-15(10)19-9-11-8-12(16)3-5-14(11)18/h3-8,19H,2,9H2,1H3. The number of aryl methyl sites for hydroxylation is 1. The smallest absolute Gasteiger partial charge is 0.0456 e. The van der Waals surface area contributed by atoms with E-state index in [4.69, 9.17) is 11.6 Å². The molecule has 0 bridgehead atoms. The largest absolute Gasteiger partial charge is 0.381 e. The number of benzene rings is 2. The van der Waals surface area contributed by atoms with E-state index in [1.165, 1.54) is 5.56 Å². The van der Waals surface area contributed by atoms with E-state index in [0.717, 1.165) is 31.6 Å². The predicted octanol–water partition coefficient (Wildman–Crippen LogP) is 6.04. The number of halogens is 3. The van der Waals surface area contributed by atoms with Crippen LogP contribution in [0.4, 0.5) is 5.69 Å². The van der Waals surface area contributed by atoms with E-state index in [0.29, 0.717) is 6.54 Å². The highest BCUT2D eigenvalue weighted by Crippen LogP contribution is 2.25. The third kappa shape index (κ3) is 3.98. The molecule has 2 aromatic rings. The van der Waals surface area contributed by atoms with Gasteiger partial charge in [0.1, 0.15) is 0 Å². The lowest BCUT2D eigenvalue weighted by Crippen LogP contribution is -2.02. The molecule has 0 fully saturated rings. The molecule has 19 heavy (non-hydrogen) atoms. The molecule has 0 saturated heterocycles. The summed E-state index contributed by atoms with van der Waals surface area (Å²) in [7, 11) is 0. The molecule has 0 amide bonds. The second-order valence-electron chi connectivity index (χ2n) is 4.24. The quantitative estimate of drug-likeness (QED) is 0.656. The van der Waals surface area contributed by atoms with Gasteiger partial charge in [-0.3, -0.25) is 0 Å². The van der Waals surface area contributed by atoms with Crippen molar-refractivity contribution in [3.8, 4) is 0 Å². The van der Waals surface area contributed by atoms with Crippen molar-refractivity contribution in [1.29, 1.82) is 0 Å². The van der Waals surface area contributed by atoms with Crippen LogP contribution in [0.2, 0.25) is 5.02 Å². The van der Waals surface area contributed by atoms with Crippen LogP contribution in [-0.4, -0.2) is 0 Å². The summed E-state index contributed by atoms with van der Waals surface area (Å²) in [6.45, 7) is 2.87. The van der Waals surface area contributed by atoms with E-state index >= 15 is 0 Å². The van der Waals surface area contributed by atoms with Crippen molar-refractivity contribution in [2.24, 2.45) is 0 Å². The first-order valence-corrected chi connectivity index (χ1v) is 8.02. The molecule has 0 atom stereocenters. The van der Waals surface area contributed by atoms with Crippen LogP contribution in [0.25, 0.3) is 0 Å². The van der Waals surface area contributed by atoms with Gasteiger partial charge in [0.05, 0.1) is 0 Å². The van der Waals surface area contributed by atoms with Crippen LogP contribution in [0, 0.1) is 0 Å². The van der Waals surface area contributed by atoms with Gasteiger partial charge in [0.15, 0.2) is 0 Å². The minimum atomic E-state index is 0.715. The van der Waals surface area contributed by atoms with Crippen molar-refractivity contribution in [1.82, 2.24) is 0 Å². The molecule has 1 nitrogen and oxygen atoms in total. The topological polar surface area (TPSA) is 12.0 Å². The maximum atomic E-state index is 6.19. The van der Waals surface area contributed by atoms with Crippen molar-refractivity contribution < 1.29 is 0 Å². The molecular formula is C15H14Br2ClN. The van der Waals surface area contributed by atoms with Crippen LogP contribution in [0.1, 0.15) is 18.1 Å². The van der Waals surface area contributed by atoms with Crippen molar-refractivity contribution in [3.05, 3.63) is 61.5 Å². The fraction of sp³-hybridized carbons (Fsp3) is 0.200. The summed E-state index contributed by atoms with van der Waals surface area (Å²) in [5, 5.41) is 4.23. The van der Waals surface area contributed by atoms with Gasteiger partial charge in [0.2, 0.25) is 0 Å². The van der Waals surface area contributed by atoms with Crippen LogP contribution in [-0.2, 0) is 13.0 Å². The van der Waals surface area contributed by atoms with E-state index in [9.17, 15) is 0 Å². The molecule has 4 heteroatoms. The van der Waals surface area contributed by atoms with E-state index in [-0.39, 0.29) is 0 Å². The maximum Gasteiger partial charge on any atom is 0.0456 e. The highest BCUT2D eigenvalue weighted by atomic mass is 79.9. The molecule has 0 spiro atoms. The highest BCUT2D eigenvalue weighted by Gasteiger charge is 2.04. The molecule has 0 saturated carbocycles. The van der Waals surface area contributed by atoms with Gasteiger partial charge < -0.3 is 5.32 Å². The van der Waals surface area contributed by atoms with Crippen molar-refractivity contribution >= 4 is 49.1 Å². The van der Waals surface area contributed by atoms with Gasteiger partial charge in [-0.2, -0.15) is 0 Å². The predicted molar refractivity (Wildman–Crippen MR) is 90.0 cm³/mol. The van der Waals surface area contributed by atoms with Gasteiger partial charge in [-0.05, 0) is 53.9 Å². The molecule has 2 rings (SSSR count). The molecule has 0 aromatic heterocycles. The summed E-state index contributed by atoms with van der Waals surface area (Å²) < 4.78 is 2.15. The Hall–Kier alpha value is -0.510. The molecule has 0 radical (unpaired) electrons. The highest BCUT2D eigenvalue weighted by molar-refractivity contribution is 9.10. The Morgan fingerprint density at radius 3 is 2.32 bits per heavy atom. The first-order valence-electron chi connectivity index (χ1n) is 6.06. The van der Waals surface area contributed by atoms with Gasteiger partial charge in [-0.15, -0.1) is 0 Å². The van der Waals surface area contributed by atoms with Gasteiger partial charge in [0.25, 0.3) is 0 Å². The third-order valence-corrected chi connectivity index (χ3v) is 4.28. The fourth-order valence-electron chi connectivity index (χ4n) is 1.90. The summed E-state index contributed by atoms with van der Waals surface area (Å²) in [6, 6.07) is 12.2. The van der Waals surface area contributed by atoms with Gasteiger partial charge in [-0.25, -0.2) is 0 Å². The number of hydrogen-bond donors (Lipinski definition) is 1. The molecule has 2 aromatic carbocycles. The zero-order valence-electron chi connectivity index (χ0n) is 10.5.